The van der Waals surface area contributed by atoms with Crippen molar-refractivity contribution >= 4 is 6.03 Å². The van der Waals surface area contributed by atoms with Gasteiger partial charge in [-0.25, -0.2) is 10.3 Å². The molecule has 2 rings (SSSR count). The normalized spacial score (nSPS) is 19.1. The first-order valence-corrected chi connectivity index (χ1v) is 8.08. The van der Waals surface area contributed by atoms with E-state index in [0.29, 0.717) is 25.1 Å². The fourth-order valence-corrected chi connectivity index (χ4v) is 2.77. The lowest BCUT2D eigenvalue weighted by Crippen LogP contribution is -2.45. The molecule has 0 saturated carbocycles. The minimum absolute atomic E-state index is 0.266. The lowest BCUT2D eigenvalue weighted by molar-refractivity contribution is 0.0481. The molecule has 22 heavy (non-hydrogen) atoms. The van der Waals surface area contributed by atoms with Crippen molar-refractivity contribution in [1.82, 2.24) is 15.7 Å². The summed E-state index contributed by atoms with van der Waals surface area (Å²) in [4.78, 5) is 19.4. The van der Waals surface area contributed by atoms with Crippen molar-refractivity contribution in [2.24, 2.45) is 5.92 Å². The van der Waals surface area contributed by atoms with Gasteiger partial charge in [-0.15, -0.1) is 0 Å². The van der Waals surface area contributed by atoms with Crippen molar-refractivity contribution in [3.63, 3.8) is 0 Å². The number of carbonyl (C=O) groups is 1. The number of piperidine rings is 1. The highest BCUT2D eigenvalue weighted by molar-refractivity contribution is 5.72. The molecule has 5 nitrogen and oxygen atoms in total. The maximum atomic E-state index is 11.7. The molecule has 0 bridgehead atoms. The van der Waals surface area contributed by atoms with E-state index in [1.54, 1.807) is 0 Å². The molecule has 2 amide bonds. The van der Waals surface area contributed by atoms with Crippen molar-refractivity contribution < 1.29 is 9.63 Å². The van der Waals surface area contributed by atoms with Gasteiger partial charge in [0.15, 0.2) is 0 Å². The molecule has 1 aliphatic rings. The third kappa shape index (κ3) is 5.66. The zero-order valence-corrected chi connectivity index (χ0v) is 13.5. The van der Waals surface area contributed by atoms with Crippen molar-refractivity contribution in [2.75, 3.05) is 19.6 Å². The first-order valence-electron chi connectivity index (χ1n) is 8.08. The van der Waals surface area contributed by atoms with Crippen LogP contribution in [0.25, 0.3) is 0 Å². The molecule has 1 atom stereocenters. The number of hydrogen-bond acceptors (Lipinski definition) is 3. The molecule has 0 unspecified atom stereocenters. The lowest BCUT2D eigenvalue weighted by atomic mass is 9.97. The molecule has 0 spiro atoms. The SMILES string of the molecule is CC(C)N1CCC[C@H](CNC(=O)NOCc2ccccc2)C1. The van der Waals surface area contributed by atoms with Crippen LogP contribution in [0.3, 0.4) is 0 Å². The van der Waals surface area contributed by atoms with Gasteiger partial charge in [-0.05, 0) is 44.7 Å². The Morgan fingerprint density at radius 3 is 2.86 bits per heavy atom. The van der Waals surface area contributed by atoms with Gasteiger partial charge in [-0.1, -0.05) is 30.3 Å². The fourth-order valence-electron chi connectivity index (χ4n) is 2.77. The summed E-state index contributed by atoms with van der Waals surface area (Å²) in [5.74, 6) is 0.524. The van der Waals surface area contributed by atoms with Crippen LogP contribution in [0.2, 0.25) is 0 Å². The maximum Gasteiger partial charge on any atom is 0.338 e. The number of urea groups is 1. The average Bonchev–Trinajstić information content (AvgIpc) is 2.54. The Bertz CT molecular complexity index is 450. The highest BCUT2D eigenvalue weighted by atomic mass is 16.7. The number of hydrogen-bond donors (Lipinski definition) is 2. The standard InChI is InChI=1S/C17H27N3O2/c1-14(2)20-10-6-9-16(12-20)11-18-17(21)19-22-13-15-7-4-3-5-8-15/h3-5,7-8,14,16H,6,9-13H2,1-2H3,(H2,18,19,21)/t16-/m1/s1. The third-order valence-corrected chi connectivity index (χ3v) is 4.08. The second kappa shape index (κ2) is 8.76. The molecule has 1 aromatic rings. The van der Waals surface area contributed by atoms with Crippen LogP contribution >= 0.6 is 0 Å². The number of amides is 2. The van der Waals surface area contributed by atoms with E-state index in [0.717, 1.165) is 12.1 Å². The molecule has 122 valence electrons. The molecule has 0 radical (unpaired) electrons. The van der Waals surface area contributed by atoms with Gasteiger partial charge in [-0.3, -0.25) is 4.84 Å². The Morgan fingerprint density at radius 1 is 1.36 bits per heavy atom. The predicted molar refractivity (Wildman–Crippen MR) is 87.2 cm³/mol. The van der Waals surface area contributed by atoms with E-state index >= 15 is 0 Å². The minimum Gasteiger partial charge on any atom is -0.336 e. The summed E-state index contributed by atoms with van der Waals surface area (Å²) >= 11 is 0. The van der Waals surface area contributed by atoms with Gasteiger partial charge in [-0.2, -0.15) is 0 Å². The molecule has 5 heteroatoms. The molecule has 1 saturated heterocycles. The fraction of sp³-hybridized carbons (Fsp3) is 0.588. The minimum atomic E-state index is -0.266. The summed E-state index contributed by atoms with van der Waals surface area (Å²) in [6, 6.07) is 10.1. The summed E-state index contributed by atoms with van der Waals surface area (Å²) in [5.41, 5.74) is 3.47. The Labute approximate surface area is 133 Å². The van der Waals surface area contributed by atoms with Gasteiger partial charge >= 0.3 is 6.03 Å². The maximum absolute atomic E-state index is 11.7. The number of hydroxylamine groups is 1. The zero-order chi connectivity index (χ0) is 15.8. The van der Waals surface area contributed by atoms with Gasteiger partial charge in [0, 0.05) is 19.1 Å². The van der Waals surface area contributed by atoms with Crippen LogP contribution in [0.15, 0.2) is 30.3 Å². The zero-order valence-electron chi connectivity index (χ0n) is 13.5. The van der Waals surface area contributed by atoms with Crippen molar-refractivity contribution in [1.29, 1.82) is 0 Å². The van der Waals surface area contributed by atoms with Gasteiger partial charge in [0.1, 0.15) is 0 Å². The smallest absolute Gasteiger partial charge is 0.336 e. The van der Waals surface area contributed by atoms with Gasteiger partial charge in [0.25, 0.3) is 0 Å². The first kappa shape index (κ1) is 16.8. The summed E-state index contributed by atoms with van der Waals surface area (Å²) in [5, 5.41) is 2.90. The number of rotatable bonds is 6. The average molecular weight is 305 g/mol. The Kier molecular flexibility index (Phi) is 6.68. The Balaban J connectivity index is 1.61. The summed E-state index contributed by atoms with van der Waals surface area (Å²) in [6.07, 6.45) is 2.38. The van der Waals surface area contributed by atoms with Crippen LogP contribution in [-0.4, -0.2) is 36.6 Å². The number of benzene rings is 1. The summed E-state index contributed by atoms with van der Waals surface area (Å²) in [6.45, 7) is 7.74. The number of carbonyl (C=O) groups excluding carboxylic acids is 1. The number of nitrogens with one attached hydrogen (secondary N) is 2. The third-order valence-electron chi connectivity index (χ3n) is 4.08. The number of nitrogens with zero attached hydrogens (tertiary/aromatic N) is 1. The molecular weight excluding hydrogens is 278 g/mol. The lowest BCUT2D eigenvalue weighted by Gasteiger charge is -2.35. The second-order valence-corrected chi connectivity index (χ2v) is 6.18. The highest BCUT2D eigenvalue weighted by Crippen LogP contribution is 2.17. The van der Waals surface area contributed by atoms with Crippen LogP contribution in [0.5, 0.6) is 0 Å². The van der Waals surface area contributed by atoms with E-state index in [-0.39, 0.29) is 6.03 Å². The Hall–Kier alpha value is -1.59. The van der Waals surface area contributed by atoms with Gasteiger partial charge < -0.3 is 10.2 Å². The van der Waals surface area contributed by atoms with Crippen LogP contribution in [0.4, 0.5) is 4.79 Å². The first-order chi connectivity index (χ1) is 10.6. The topological polar surface area (TPSA) is 53.6 Å². The van der Waals surface area contributed by atoms with E-state index < -0.39 is 0 Å². The molecule has 1 fully saturated rings. The predicted octanol–water partition coefficient (Wildman–Crippen LogP) is 2.54. The molecule has 1 aliphatic heterocycles. The molecular formula is C17H27N3O2. The van der Waals surface area contributed by atoms with Crippen molar-refractivity contribution in [2.45, 2.75) is 39.3 Å². The van der Waals surface area contributed by atoms with E-state index in [4.69, 9.17) is 4.84 Å². The van der Waals surface area contributed by atoms with E-state index in [2.05, 4.69) is 29.5 Å². The molecule has 1 heterocycles. The molecule has 0 aliphatic carbocycles. The van der Waals surface area contributed by atoms with E-state index in [1.807, 2.05) is 30.3 Å². The van der Waals surface area contributed by atoms with Crippen LogP contribution in [0, 0.1) is 5.92 Å². The van der Waals surface area contributed by atoms with Crippen molar-refractivity contribution in [3.8, 4) is 0 Å². The number of likely N-dealkylation sites (tertiary alicyclic amines) is 1. The summed E-state index contributed by atoms with van der Waals surface area (Å²) < 4.78 is 0. The second-order valence-electron chi connectivity index (χ2n) is 6.18. The quantitative estimate of drug-likeness (QED) is 0.794. The van der Waals surface area contributed by atoms with Crippen LogP contribution in [-0.2, 0) is 11.4 Å². The van der Waals surface area contributed by atoms with Gasteiger partial charge in [0.05, 0.1) is 6.61 Å². The summed E-state index contributed by atoms with van der Waals surface area (Å²) in [7, 11) is 0. The molecule has 0 aromatic heterocycles. The van der Waals surface area contributed by atoms with Crippen LogP contribution in [0.1, 0.15) is 32.3 Å². The Morgan fingerprint density at radius 2 is 2.14 bits per heavy atom. The molecule has 2 N–H and O–H groups in total. The van der Waals surface area contributed by atoms with E-state index in [9.17, 15) is 4.79 Å². The van der Waals surface area contributed by atoms with Crippen LogP contribution < -0.4 is 10.8 Å². The largest absolute Gasteiger partial charge is 0.338 e. The van der Waals surface area contributed by atoms with Crippen molar-refractivity contribution in [3.05, 3.63) is 35.9 Å². The van der Waals surface area contributed by atoms with Gasteiger partial charge in [0.2, 0.25) is 0 Å². The van der Waals surface area contributed by atoms with E-state index in [1.165, 1.54) is 19.4 Å². The molecule has 1 aromatic carbocycles. The highest BCUT2D eigenvalue weighted by Gasteiger charge is 2.21. The monoisotopic (exact) mass is 305 g/mol.